The van der Waals surface area contributed by atoms with Crippen molar-refractivity contribution in [1.29, 1.82) is 0 Å². The number of ketones is 1. The summed E-state index contributed by atoms with van der Waals surface area (Å²) in [5.74, 6) is -0.953. The van der Waals surface area contributed by atoms with Gasteiger partial charge in [0.15, 0.2) is 23.9 Å². The second kappa shape index (κ2) is 8.43. The lowest BCUT2D eigenvalue weighted by molar-refractivity contribution is -0.378. The number of aromatic amines is 1. The third-order valence-corrected chi connectivity index (χ3v) is 5.85. The lowest BCUT2D eigenvalue weighted by atomic mass is 9.94. The number of fused-ring (bicyclic) bond motifs is 1. The number of nitrogens with zero attached hydrogens (tertiary/aromatic N) is 1. The van der Waals surface area contributed by atoms with Crippen LogP contribution in [0.1, 0.15) is 28.3 Å². The van der Waals surface area contributed by atoms with E-state index in [2.05, 4.69) is 4.98 Å². The first-order chi connectivity index (χ1) is 16.0. The van der Waals surface area contributed by atoms with Gasteiger partial charge < -0.3 is 19.5 Å². The molecule has 3 heterocycles. The van der Waals surface area contributed by atoms with Gasteiger partial charge in [-0.1, -0.05) is 41.7 Å². The Morgan fingerprint density at radius 2 is 1.82 bits per heavy atom. The molecule has 1 saturated heterocycles. The number of likely N-dealkylation sites (tertiary alicyclic amines) is 1. The third-order valence-electron chi connectivity index (χ3n) is 5.85. The summed E-state index contributed by atoms with van der Waals surface area (Å²) in [5.41, 5.74) is 2.80. The van der Waals surface area contributed by atoms with Crippen molar-refractivity contribution in [2.24, 2.45) is 0 Å². The Bertz CT molecular complexity index is 1250. The second-order valence-corrected chi connectivity index (χ2v) is 8.09. The van der Waals surface area contributed by atoms with E-state index < -0.39 is 23.5 Å². The normalized spacial score (nSPS) is 19.1. The predicted molar refractivity (Wildman–Crippen MR) is 117 cm³/mol. The van der Waals surface area contributed by atoms with Crippen molar-refractivity contribution in [3.63, 3.8) is 0 Å². The summed E-state index contributed by atoms with van der Waals surface area (Å²) in [6, 6.07) is 15.2. The molecule has 7 nitrogen and oxygen atoms in total. The highest BCUT2D eigenvalue weighted by molar-refractivity contribution is 6.46. The molecule has 3 aromatic rings. The van der Waals surface area contributed by atoms with E-state index in [4.69, 9.17) is 9.47 Å². The standard InChI is InChI=1S/C26H22N2O5/c1-16-4-6-18(7-5-16)23-22(24(29)19-8-9-20-21(13-19)33-12-11-32-20)25(30)26(31)28(23)15-17-3-2-10-27-14-17/h2-10,13-14,23,29H,11-12,15H2,1H3. The minimum absolute atomic E-state index is 0.0551. The smallest absolute Gasteiger partial charge is 0.295 e. The Morgan fingerprint density at radius 1 is 1.06 bits per heavy atom. The van der Waals surface area contributed by atoms with Gasteiger partial charge in [0.1, 0.15) is 13.2 Å². The molecule has 0 bridgehead atoms. The Morgan fingerprint density at radius 3 is 2.55 bits per heavy atom. The van der Waals surface area contributed by atoms with Crippen molar-refractivity contribution < 1.29 is 29.2 Å². The zero-order chi connectivity index (χ0) is 22.9. The second-order valence-electron chi connectivity index (χ2n) is 8.09. The van der Waals surface area contributed by atoms with Gasteiger partial charge in [0.25, 0.3) is 5.91 Å². The Labute approximate surface area is 190 Å². The monoisotopic (exact) mass is 442 g/mol. The van der Waals surface area contributed by atoms with E-state index in [0.29, 0.717) is 30.3 Å². The zero-order valence-electron chi connectivity index (χ0n) is 18.0. The molecular formula is C26H22N2O5. The number of carbonyl (C=O) groups excluding carboxylic acids is 2. The molecule has 166 valence electrons. The van der Waals surface area contributed by atoms with Gasteiger partial charge in [-0.05, 0) is 36.2 Å². The Balaban J connectivity index is 1.63. The van der Waals surface area contributed by atoms with E-state index in [1.165, 1.54) is 4.90 Å². The van der Waals surface area contributed by atoms with Crippen molar-refractivity contribution in [3.05, 3.63) is 94.8 Å². The van der Waals surface area contributed by atoms with E-state index in [1.54, 1.807) is 30.6 Å². The number of benzene rings is 2. The van der Waals surface area contributed by atoms with E-state index in [-0.39, 0.29) is 17.7 Å². The summed E-state index contributed by atoms with van der Waals surface area (Å²) >= 11 is 0. The summed E-state index contributed by atoms with van der Waals surface area (Å²) in [6.07, 6.45) is 3.53. The highest BCUT2D eigenvalue weighted by atomic mass is 16.6. The quantitative estimate of drug-likeness (QED) is 0.350. The van der Waals surface area contributed by atoms with E-state index in [0.717, 1.165) is 11.1 Å². The number of H-pyrrole nitrogens is 1. The van der Waals surface area contributed by atoms with Crippen LogP contribution in [0.3, 0.4) is 0 Å². The molecule has 1 unspecified atom stereocenters. The van der Waals surface area contributed by atoms with Crippen LogP contribution in [0.4, 0.5) is 0 Å². The van der Waals surface area contributed by atoms with Crippen LogP contribution >= 0.6 is 0 Å². The zero-order valence-corrected chi connectivity index (χ0v) is 18.0. The summed E-state index contributed by atoms with van der Waals surface area (Å²) in [5, 5.41) is 13.6. The lowest BCUT2D eigenvalue weighted by Gasteiger charge is -2.28. The van der Waals surface area contributed by atoms with Gasteiger partial charge in [0, 0.05) is 17.2 Å². The van der Waals surface area contributed by atoms with Gasteiger partial charge in [-0.15, -0.1) is 0 Å². The van der Waals surface area contributed by atoms with E-state index in [1.807, 2.05) is 43.3 Å². The number of ether oxygens (including phenoxy) is 2. The number of pyridine rings is 1. The molecule has 0 spiro atoms. The van der Waals surface area contributed by atoms with Gasteiger partial charge in [0.2, 0.25) is 5.78 Å². The van der Waals surface area contributed by atoms with Gasteiger partial charge >= 0.3 is 0 Å². The van der Waals surface area contributed by atoms with Crippen molar-refractivity contribution in [3.8, 4) is 11.5 Å². The highest BCUT2D eigenvalue weighted by Crippen LogP contribution is 2.41. The maximum Gasteiger partial charge on any atom is 0.295 e. The molecule has 1 N–H and O–H groups in total. The lowest BCUT2D eigenvalue weighted by Crippen LogP contribution is -2.29. The fourth-order valence-corrected chi connectivity index (χ4v) is 4.19. The molecule has 0 radical (unpaired) electrons. The Hall–Kier alpha value is -4.13. The molecular weight excluding hydrogens is 420 g/mol. The van der Waals surface area contributed by atoms with Gasteiger partial charge in [-0.2, -0.15) is 0 Å². The first kappa shape index (κ1) is 20.8. The average Bonchev–Trinajstić information content (AvgIpc) is 3.09. The first-order valence-electron chi connectivity index (χ1n) is 10.7. The molecule has 1 aromatic heterocycles. The molecule has 7 heteroatoms. The molecule has 1 atom stereocenters. The number of carbonyl (C=O) groups is 2. The SMILES string of the molecule is Cc1ccc(C2C(=C([O-])c3ccc4c(c3)OCCO4)C(=O)C(=O)N2Cc2ccc[nH+]c2)cc1. The van der Waals surface area contributed by atoms with Crippen LogP contribution in [-0.4, -0.2) is 29.8 Å². The number of nitrogens with one attached hydrogen (secondary N) is 1. The molecule has 0 aliphatic carbocycles. The number of aryl methyl sites for hydroxylation is 1. The van der Waals surface area contributed by atoms with Crippen LogP contribution in [0.2, 0.25) is 0 Å². The van der Waals surface area contributed by atoms with Crippen LogP contribution in [0.25, 0.3) is 5.76 Å². The molecule has 2 aromatic carbocycles. The molecule has 1 fully saturated rings. The summed E-state index contributed by atoms with van der Waals surface area (Å²) in [4.78, 5) is 30.7. The molecule has 2 aliphatic heterocycles. The Kier molecular flexibility index (Phi) is 5.30. The number of hydrogen-bond acceptors (Lipinski definition) is 5. The number of Topliss-reactive ketones (excluding diaryl/α,β-unsaturated/α-hetero) is 1. The minimum atomic E-state index is -0.786. The maximum absolute atomic E-state index is 13.6. The number of amides is 1. The number of hydrogen-bond donors (Lipinski definition) is 0. The van der Waals surface area contributed by atoms with Crippen LogP contribution in [-0.2, 0) is 16.1 Å². The van der Waals surface area contributed by atoms with Gasteiger partial charge in [-0.25, -0.2) is 4.98 Å². The van der Waals surface area contributed by atoms with Crippen molar-refractivity contribution in [2.75, 3.05) is 13.2 Å². The maximum atomic E-state index is 13.6. The summed E-state index contributed by atoms with van der Waals surface area (Å²) in [7, 11) is 0. The van der Waals surface area contributed by atoms with Crippen LogP contribution in [0.15, 0.2) is 72.6 Å². The fourth-order valence-electron chi connectivity index (χ4n) is 4.19. The van der Waals surface area contributed by atoms with E-state index >= 15 is 0 Å². The molecule has 0 saturated carbocycles. The molecule has 2 aliphatic rings. The first-order valence-corrected chi connectivity index (χ1v) is 10.7. The van der Waals surface area contributed by atoms with Gasteiger partial charge in [-0.3, -0.25) is 9.59 Å². The highest BCUT2D eigenvalue weighted by Gasteiger charge is 2.44. The number of aromatic nitrogens is 1. The average molecular weight is 442 g/mol. The van der Waals surface area contributed by atoms with Crippen molar-refractivity contribution in [1.82, 2.24) is 4.90 Å². The van der Waals surface area contributed by atoms with Crippen LogP contribution in [0, 0.1) is 6.92 Å². The van der Waals surface area contributed by atoms with Crippen LogP contribution < -0.4 is 19.6 Å². The largest absolute Gasteiger partial charge is 0.872 e. The molecule has 1 amide bonds. The topological polar surface area (TPSA) is 93.0 Å². The third kappa shape index (κ3) is 3.82. The van der Waals surface area contributed by atoms with E-state index in [9.17, 15) is 14.7 Å². The fraction of sp³-hybridized carbons (Fsp3) is 0.192. The minimum Gasteiger partial charge on any atom is -0.872 e. The molecule has 5 rings (SSSR count). The van der Waals surface area contributed by atoms with Gasteiger partial charge in [0.05, 0.1) is 12.6 Å². The predicted octanol–water partition coefficient (Wildman–Crippen LogP) is 2.00. The molecule has 33 heavy (non-hydrogen) atoms. The number of rotatable bonds is 4. The van der Waals surface area contributed by atoms with Crippen molar-refractivity contribution in [2.45, 2.75) is 19.5 Å². The van der Waals surface area contributed by atoms with Crippen LogP contribution in [0.5, 0.6) is 11.5 Å². The summed E-state index contributed by atoms with van der Waals surface area (Å²) < 4.78 is 11.1. The summed E-state index contributed by atoms with van der Waals surface area (Å²) in [6.45, 7) is 2.97. The van der Waals surface area contributed by atoms with Crippen molar-refractivity contribution >= 4 is 17.4 Å².